The second-order valence-corrected chi connectivity index (χ2v) is 6.55. The molecule has 2 heterocycles. The Bertz CT molecular complexity index is 853. The summed E-state index contributed by atoms with van der Waals surface area (Å²) in [5.74, 6) is 1.59. The van der Waals surface area contributed by atoms with Crippen LogP contribution < -0.4 is 10.1 Å². The maximum Gasteiger partial charge on any atom is 0.246 e. The van der Waals surface area contributed by atoms with Gasteiger partial charge in [-0.15, -0.1) is 0 Å². The maximum atomic E-state index is 12.4. The maximum absolute atomic E-state index is 12.4. The van der Waals surface area contributed by atoms with Crippen LogP contribution in [0, 0.1) is 6.92 Å². The lowest BCUT2D eigenvalue weighted by atomic mass is 10.2. The Morgan fingerprint density at radius 1 is 1.25 bits per heavy atom. The quantitative estimate of drug-likeness (QED) is 0.764. The van der Waals surface area contributed by atoms with Gasteiger partial charge >= 0.3 is 0 Å². The zero-order valence-electron chi connectivity index (χ0n) is 16.1. The standard InChI is InChI=1S/C20H24N4O4/c1-15-13-18(22-28-15)21-19(25)14-23-9-11-24(12-10-23)20(26)8-7-16-5-3-4-6-17(16)27-2/h3-8,13H,9-12,14H2,1-2H3,(H,21,22,25)/b8-7+. The minimum atomic E-state index is -0.149. The molecule has 1 aliphatic heterocycles. The molecule has 1 saturated heterocycles. The molecule has 8 nitrogen and oxygen atoms in total. The number of aryl methyl sites for hydroxylation is 1. The number of hydrogen-bond donors (Lipinski definition) is 1. The number of ether oxygens (including phenoxy) is 1. The van der Waals surface area contributed by atoms with Crippen molar-refractivity contribution in [2.45, 2.75) is 6.92 Å². The van der Waals surface area contributed by atoms with Gasteiger partial charge in [0, 0.05) is 43.9 Å². The van der Waals surface area contributed by atoms with Gasteiger partial charge in [0.05, 0.1) is 13.7 Å². The first kappa shape index (κ1) is 19.6. The predicted molar refractivity (Wildman–Crippen MR) is 105 cm³/mol. The number of amides is 2. The monoisotopic (exact) mass is 384 g/mol. The third-order valence-corrected chi connectivity index (χ3v) is 4.49. The lowest BCUT2D eigenvalue weighted by Crippen LogP contribution is -2.50. The summed E-state index contributed by atoms with van der Waals surface area (Å²) >= 11 is 0. The fraction of sp³-hybridized carbons (Fsp3) is 0.350. The molecule has 0 aliphatic carbocycles. The van der Waals surface area contributed by atoms with Crippen molar-refractivity contribution in [2.75, 3.05) is 45.2 Å². The Balaban J connectivity index is 1.46. The molecule has 28 heavy (non-hydrogen) atoms. The Morgan fingerprint density at radius 3 is 2.68 bits per heavy atom. The summed E-state index contributed by atoms with van der Waals surface area (Å²) in [4.78, 5) is 28.3. The smallest absolute Gasteiger partial charge is 0.246 e. The Hall–Kier alpha value is -3.13. The lowest BCUT2D eigenvalue weighted by Gasteiger charge is -2.33. The van der Waals surface area contributed by atoms with Crippen LogP contribution >= 0.6 is 0 Å². The molecule has 0 saturated carbocycles. The average Bonchev–Trinajstić information content (AvgIpc) is 3.11. The molecule has 1 aromatic carbocycles. The Labute approximate surface area is 163 Å². The highest BCUT2D eigenvalue weighted by molar-refractivity contribution is 5.92. The molecule has 3 rings (SSSR count). The van der Waals surface area contributed by atoms with Crippen LogP contribution in [-0.4, -0.2) is 66.6 Å². The van der Waals surface area contributed by atoms with E-state index in [4.69, 9.17) is 9.26 Å². The van der Waals surface area contributed by atoms with Crippen LogP contribution in [0.15, 0.2) is 40.9 Å². The highest BCUT2D eigenvalue weighted by Gasteiger charge is 2.21. The van der Waals surface area contributed by atoms with Crippen molar-refractivity contribution in [3.05, 3.63) is 47.7 Å². The molecule has 1 aliphatic rings. The fourth-order valence-corrected chi connectivity index (χ4v) is 3.01. The van der Waals surface area contributed by atoms with Gasteiger partial charge in [0.1, 0.15) is 11.5 Å². The van der Waals surface area contributed by atoms with Crippen LogP contribution in [-0.2, 0) is 9.59 Å². The Morgan fingerprint density at radius 2 is 2.00 bits per heavy atom. The molecule has 1 fully saturated rings. The number of methoxy groups -OCH3 is 1. The van der Waals surface area contributed by atoms with Gasteiger partial charge in [-0.25, -0.2) is 0 Å². The van der Waals surface area contributed by atoms with Gasteiger partial charge in [-0.2, -0.15) is 0 Å². The van der Waals surface area contributed by atoms with Crippen LogP contribution in [0.25, 0.3) is 6.08 Å². The van der Waals surface area contributed by atoms with E-state index >= 15 is 0 Å². The summed E-state index contributed by atoms with van der Waals surface area (Å²) in [5.41, 5.74) is 0.858. The molecule has 2 aromatic rings. The van der Waals surface area contributed by atoms with Gasteiger partial charge in [0.15, 0.2) is 5.82 Å². The van der Waals surface area contributed by atoms with Gasteiger partial charge in [-0.05, 0) is 19.1 Å². The van der Waals surface area contributed by atoms with Gasteiger partial charge < -0.3 is 19.5 Å². The van der Waals surface area contributed by atoms with Crippen LogP contribution in [0.2, 0.25) is 0 Å². The third kappa shape index (κ3) is 5.20. The minimum Gasteiger partial charge on any atom is -0.496 e. The van der Waals surface area contributed by atoms with Crippen molar-refractivity contribution in [3.63, 3.8) is 0 Å². The summed E-state index contributed by atoms with van der Waals surface area (Å²) in [6.07, 6.45) is 3.33. The predicted octanol–water partition coefficient (Wildman–Crippen LogP) is 1.79. The van der Waals surface area contributed by atoms with E-state index in [0.717, 1.165) is 11.3 Å². The molecule has 2 amide bonds. The van der Waals surface area contributed by atoms with Crippen molar-refractivity contribution in [2.24, 2.45) is 0 Å². The number of piperazine rings is 1. The van der Waals surface area contributed by atoms with Crippen LogP contribution in [0.1, 0.15) is 11.3 Å². The van der Waals surface area contributed by atoms with Crippen molar-refractivity contribution in [3.8, 4) is 5.75 Å². The lowest BCUT2D eigenvalue weighted by molar-refractivity contribution is -0.127. The average molecular weight is 384 g/mol. The number of benzene rings is 1. The molecule has 0 bridgehead atoms. The Kier molecular flexibility index (Phi) is 6.44. The number of hydrogen-bond acceptors (Lipinski definition) is 6. The first-order valence-corrected chi connectivity index (χ1v) is 9.10. The number of carbonyl (C=O) groups is 2. The number of para-hydroxylation sites is 1. The van der Waals surface area contributed by atoms with E-state index in [1.54, 1.807) is 37.2 Å². The first-order chi connectivity index (χ1) is 13.5. The van der Waals surface area contributed by atoms with Crippen LogP contribution in [0.5, 0.6) is 5.75 Å². The topological polar surface area (TPSA) is 87.9 Å². The largest absolute Gasteiger partial charge is 0.496 e. The van der Waals surface area contributed by atoms with E-state index < -0.39 is 0 Å². The van der Waals surface area contributed by atoms with Gasteiger partial charge in [0.2, 0.25) is 11.8 Å². The molecule has 148 valence electrons. The summed E-state index contributed by atoms with van der Waals surface area (Å²) in [6.45, 7) is 4.45. The zero-order valence-corrected chi connectivity index (χ0v) is 16.1. The van der Waals surface area contributed by atoms with Crippen molar-refractivity contribution in [1.29, 1.82) is 0 Å². The van der Waals surface area contributed by atoms with Crippen molar-refractivity contribution < 1.29 is 18.8 Å². The summed E-state index contributed by atoms with van der Waals surface area (Å²) < 4.78 is 10.2. The molecule has 0 radical (unpaired) electrons. The van der Waals surface area contributed by atoms with Gasteiger partial charge in [0.25, 0.3) is 0 Å². The fourth-order valence-electron chi connectivity index (χ4n) is 3.01. The molecule has 0 atom stereocenters. The van der Waals surface area contributed by atoms with E-state index in [1.165, 1.54) is 0 Å². The number of carbonyl (C=O) groups excluding carboxylic acids is 2. The van der Waals surface area contributed by atoms with Crippen molar-refractivity contribution in [1.82, 2.24) is 15.0 Å². The molecular formula is C20H24N4O4. The van der Waals surface area contributed by atoms with E-state index in [0.29, 0.717) is 37.8 Å². The zero-order chi connectivity index (χ0) is 19.9. The van der Waals surface area contributed by atoms with E-state index in [-0.39, 0.29) is 18.4 Å². The molecule has 0 unspecified atom stereocenters. The second-order valence-electron chi connectivity index (χ2n) is 6.55. The van der Waals surface area contributed by atoms with Crippen molar-refractivity contribution >= 4 is 23.7 Å². The molecule has 0 spiro atoms. The first-order valence-electron chi connectivity index (χ1n) is 9.10. The number of aromatic nitrogens is 1. The van der Waals surface area contributed by atoms with E-state index in [2.05, 4.69) is 10.5 Å². The molecule has 1 N–H and O–H groups in total. The summed E-state index contributed by atoms with van der Waals surface area (Å²) in [7, 11) is 1.60. The summed E-state index contributed by atoms with van der Waals surface area (Å²) in [6, 6.07) is 9.21. The molecular weight excluding hydrogens is 360 g/mol. The third-order valence-electron chi connectivity index (χ3n) is 4.49. The van der Waals surface area contributed by atoms with Gasteiger partial charge in [-0.1, -0.05) is 23.4 Å². The second kappa shape index (κ2) is 9.18. The SMILES string of the molecule is COc1ccccc1/C=C/C(=O)N1CCN(CC(=O)Nc2cc(C)on2)CC1. The number of nitrogens with zero attached hydrogens (tertiary/aromatic N) is 3. The molecule has 8 heteroatoms. The highest BCUT2D eigenvalue weighted by Crippen LogP contribution is 2.18. The van der Waals surface area contributed by atoms with Crippen LogP contribution in [0.4, 0.5) is 5.82 Å². The van der Waals surface area contributed by atoms with E-state index in [1.807, 2.05) is 29.2 Å². The minimum absolute atomic E-state index is 0.0481. The number of rotatable bonds is 6. The highest BCUT2D eigenvalue weighted by atomic mass is 16.5. The number of anilines is 1. The molecule has 1 aromatic heterocycles. The van der Waals surface area contributed by atoms with E-state index in [9.17, 15) is 9.59 Å². The normalized spacial score (nSPS) is 15.0. The summed E-state index contributed by atoms with van der Waals surface area (Å²) in [5, 5.41) is 6.45. The van der Waals surface area contributed by atoms with Gasteiger partial charge in [-0.3, -0.25) is 14.5 Å². The van der Waals surface area contributed by atoms with Crippen LogP contribution in [0.3, 0.4) is 0 Å². The number of nitrogens with one attached hydrogen (secondary N) is 1.